The molecule has 0 radical (unpaired) electrons. The number of nitrogens with zero attached hydrogens (tertiary/aromatic N) is 4. The number of rotatable bonds is 6. The Hall–Kier alpha value is -1.47. The molecule has 0 aromatic heterocycles. The molecule has 15 heteroatoms. The zero-order chi connectivity index (χ0) is 34.1. The molecular formula is C34H38F8I2N4Ti. The molecule has 2 saturated heterocycles. The van der Waals surface area contributed by atoms with Gasteiger partial charge in [-0.25, -0.2) is 0 Å². The number of hydrogen-bond donors (Lipinski definition) is 0. The second-order valence-corrected chi connectivity index (χ2v) is 20.0. The summed E-state index contributed by atoms with van der Waals surface area (Å²) in [6.07, 6.45) is 8.73. The van der Waals surface area contributed by atoms with Crippen LogP contribution >= 0.6 is 0 Å². The van der Waals surface area contributed by atoms with Crippen LogP contribution in [0.4, 0.5) is 46.5 Å². The van der Waals surface area contributed by atoms with Crippen molar-refractivity contribution in [1.82, 2.24) is 0 Å². The second kappa shape index (κ2) is 14.9. The van der Waals surface area contributed by atoms with Gasteiger partial charge in [0.15, 0.2) is 0 Å². The Labute approximate surface area is 319 Å². The summed E-state index contributed by atoms with van der Waals surface area (Å²) in [5.74, 6) is -14.0. The van der Waals surface area contributed by atoms with Gasteiger partial charge < -0.3 is 48.0 Å². The Bertz CT molecular complexity index is 1570. The van der Waals surface area contributed by atoms with Gasteiger partial charge in [-0.1, -0.05) is 0 Å². The summed E-state index contributed by atoms with van der Waals surface area (Å²) < 4.78 is 131. The topological polar surface area (TPSA) is 6.48 Å². The average molecular weight is 956 g/mol. The smallest absolute Gasteiger partial charge is 1.00 e. The van der Waals surface area contributed by atoms with Gasteiger partial charge in [0.05, 0.1) is 0 Å². The minimum absolute atomic E-state index is 0. The Morgan fingerprint density at radius 3 is 1.02 bits per heavy atom. The van der Waals surface area contributed by atoms with Crippen LogP contribution in [0.15, 0.2) is 44.2 Å². The van der Waals surface area contributed by atoms with E-state index in [1.165, 1.54) is 34.1 Å². The Morgan fingerprint density at radius 2 is 0.776 bits per heavy atom. The number of anilines is 2. The predicted molar refractivity (Wildman–Crippen MR) is 164 cm³/mol. The molecule has 2 aromatic carbocycles. The summed E-state index contributed by atoms with van der Waals surface area (Å²) >= 11 is -5.89. The van der Waals surface area contributed by atoms with E-state index in [2.05, 4.69) is 0 Å². The maximum Gasteiger partial charge on any atom is -1.00 e. The van der Waals surface area contributed by atoms with Gasteiger partial charge in [0.2, 0.25) is 0 Å². The van der Waals surface area contributed by atoms with E-state index in [4.69, 9.17) is 0 Å². The van der Waals surface area contributed by atoms with Gasteiger partial charge in [-0.3, -0.25) is 0 Å². The van der Waals surface area contributed by atoms with E-state index in [0.29, 0.717) is 35.1 Å². The van der Waals surface area contributed by atoms with Crippen LogP contribution in [0.1, 0.15) is 12.8 Å². The molecule has 2 aromatic rings. The van der Waals surface area contributed by atoms with Crippen molar-refractivity contribution in [3.63, 3.8) is 0 Å². The van der Waals surface area contributed by atoms with Gasteiger partial charge in [-0.05, 0) is 0 Å². The molecule has 0 N–H and O–H groups in total. The predicted octanol–water partition coefficient (Wildman–Crippen LogP) is -0.607. The van der Waals surface area contributed by atoms with E-state index >= 15 is 35.1 Å². The van der Waals surface area contributed by atoms with Gasteiger partial charge in [0, 0.05) is 0 Å². The standard InChI is InChI=1S/2C12H14F4N2.2C5H5.2HI.Ti/c2*1-18(2)5-3-17(4-6-18)12-10(15)8(13)7-9(14)11(12)16;2*1-2-4-5-3-1;;;/h2*3-6H2,1-2H3;2*1-3H,4H2;2*1H;/q2*+1;;;;;/p-2. The zero-order valence-electron chi connectivity index (χ0n) is 27.6. The summed E-state index contributed by atoms with van der Waals surface area (Å²) in [5.41, 5.74) is -1.81. The fourth-order valence-corrected chi connectivity index (χ4v) is 15.5. The fourth-order valence-electron chi connectivity index (χ4n) is 7.34. The molecule has 2 fully saturated rings. The van der Waals surface area contributed by atoms with Crippen LogP contribution in [0.2, 0.25) is 0 Å². The minimum atomic E-state index is -5.89. The molecule has 2 aliphatic carbocycles. The molecule has 0 spiro atoms. The molecule has 0 atom stereocenters. The van der Waals surface area contributed by atoms with E-state index < -0.39 is 82.2 Å². The molecule has 0 amide bonds. The van der Waals surface area contributed by atoms with E-state index in [0.717, 1.165) is 0 Å². The van der Waals surface area contributed by atoms with Crippen molar-refractivity contribution in [3.8, 4) is 0 Å². The molecule has 4 nitrogen and oxygen atoms in total. The molecule has 0 saturated carbocycles. The minimum Gasteiger partial charge on any atom is -1.00 e. The average Bonchev–Trinajstić information content (AvgIpc) is 3.76. The quantitative estimate of drug-likeness (QED) is 0.126. The number of halogens is 10. The van der Waals surface area contributed by atoms with E-state index in [9.17, 15) is 0 Å². The maximum atomic E-state index is 16.7. The molecule has 2 heterocycles. The first-order valence-corrected chi connectivity index (χ1v) is 18.8. The van der Waals surface area contributed by atoms with Gasteiger partial charge in [0.25, 0.3) is 0 Å². The number of piperazine rings is 2. The first kappa shape index (κ1) is 40.3. The van der Waals surface area contributed by atoms with Gasteiger partial charge in [-0.15, -0.1) is 0 Å². The van der Waals surface area contributed by atoms with Crippen LogP contribution in [0.5, 0.6) is 0 Å². The third-order valence-electron chi connectivity index (χ3n) is 10.3. The molecule has 268 valence electrons. The summed E-state index contributed by atoms with van der Waals surface area (Å²) in [4.78, 5) is 2.44. The monoisotopic (exact) mass is 956 g/mol. The number of likely N-dealkylation sites (N-methyl/N-ethyl adjacent to an activating group) is 2. The Kier molecular flexibility index (Phi) is 12.2. The molecule has 0 unspecified atom stereocenters. The van der Waals surface area contributed by atoms with Gasteiger partial charge >= 0.3 is 274 Å². The SMILES string of the molecule is C[N+]1(C)CCN(c2c(F)c(F)[c]([Ti]([C]3=CC=CC3)([C]3=CC=CC3)[c]3c(F)c(F)c(N4CC[N+](C)(C)CC4)c(F)c3F)c(F)c2F)CC1.[I-].[I-]. The van der Waals surface area contributed by atoms with Crippen LogP contribution < -0.4 is 65.5 Å². The number of hydrogen-bond acceptors (Lipinski definition) is 2. The van der Waals surface area contributed by atoms with E-state index in [-0.39, 0.29) is 94.7 Å². The van der Waals surface area contributed by atoms with Crippen molar-refractivity contribution >= 4 is 19.1 Å². The third-order valence-corrected chi connectivity index (χ3v) is 18.1. The van der Waals surface area contributed by atoms with Crippen molar-refractivity contribution in [2.45, 2.75) is 12.8 Å². The normalized spacial score (nSPS) is 19.8. The van der Waals surface area contributed by atoms with Crippen molar-refractivity contribution in [2.24, 2.45) is 0 Å². The largest absolute Gasteiger partial charge is 1.00 e. The van der Waals surface area contributed by atoms with Crippen molar-refractivity contribution in [1.29, 1.82) is 0 Å². The Balaban J connectivity index is 0.00000270. The van der Waals surface area contributed by atoms with Gasteiger partial charge in [0.1, 0.15) is 0 Å². The second-order valence-electron chi connectivity index (χ2n) is 14.1. The molecule has 4 aliphatic rings. The first-order valence-electron chi connectivity index (χ1n) is 15.7. The molecule has 2 aliphatic heterocycles. The molecule has 0 bridgehead atoms. The van der Waals surface area contributed by atoms with Crippen molar-refractivity contribution < 1.29 is 109 Å². The number of allylic oxidation sites excluding steroid dienone is 8. The zero-order valence-corrected chi connectivity index (χ0v) is 33.5. The molecule has 6 rings (SSSR count). The summed E-state index contributed by atoms with van der Waals surface area (Å²) in [7, 11) is 7.67. The molecular weight excluding hydrogens is 918 g/mol. The summed E-state index contributed by atoms with van der Waals surface area (Å²) in [6.45, 7) is 2.17. The van der Waals surface area contributed by atoms with Crippen LogP contribution in [0.3, 0.4) is 0 Å². The van der Waals surface area contributed by atoms with E-state index in [1.807, 2.05) is 28.2 Å². The van der Waals surface area contributed by atoms with Crippen LogP contribution in [-0.2, 0) is 16.6 Å². The summed E-state index contributed by atoms with van der Waals surface area (Å²) in [6, 6.07) is 0. The fraction of sp³-hybridized carbons (Fsp3) is 0.412. The van der Waals surface area contributed by atoms with Crippen molar-refractivity contribution in [2.75, 3.05) is 90.3 Å². The van der Waals surface area contributed by atoms with E-state index in [1.54, 1.807) is 12.2 Å². The van der Waals surface area contributed by atoms with Crippen LogP contribution in [-0.4, -0.2) is 89.5 Å². The van der Waals surface area contributed by atoms with Gasteiger partial charge in [-0.2, -0.15) is 0 Å². The Morgan fingerprint density at radius 1 is 0.490 bits per heavy atom. The van der Waals surface area contributed by atoms with Crippen molar-refractivity contribution in [3.05, 3.63) is 90.7 Å². The number of quaternary nitrogens is 2. The first-order chi connectivity index (χ1) is 22.1. The number of benzene rings is 2. The summed E-state index contributed by atoms with van der Waals surface area (Å²) in [5, 5.41) is 0. The molecule has 49 heavy (non-hydrogen) atoms. The van der Waals surface area contributed by atoms with Crippen LogP contribution in [0, 0.1) is 46.5 Å². The van der Waals surface area contributed by atoms with Crippen LogP contribution in [0.25, 0.3) is 0 Å². The third kappa shape index (κ3) is 6.80. The maximum absolute atomic E-state index is 16.7.